The van der Waals surface area contributed by atoms with Gasteiger partial charge >= 0.3 is 17.9 Å². The Morgan fingerprint density at radius 1 is 0.643 bits per heavy atom. The number of ether oxygens (including phenoxy) is 7. The molecule has 0 unspecified atom stereocenters. The summed E-state index contributed by atoms with van der Waals surface area (Å²) in [6.07, 6.45) is -0.703. The van der Waals surface area contributed by atoms with Gasteiger partial charge in [-0.15, -0.1) is 0 Å². The normalized spacial score (nSPS) is 11.1. The molecule has 0 aliphatic heterocycles. The Hall–Kier alpha value is -1.75. The summed E-state index contributed by atoms with van der Waals surface area (Å²) in [5, 5.41) is 0. The molecular weight excluding hydrogens is 376 g/mol. The summed E-state index contributed by atoms with van der Waals surface area (Å²) in [6, 6.07) is 0. The lowest BCUT2D eigenvalue weighted by Gasteiger charge is -2.19. The Balaban J connectivity index is 4.57. The Morgan fingerprint density at radius 3 is 1.32 bits per heavy atom. The molecule has 28 heavy (non-hydrogen) atoms. The number of hydrogen-bond acceptors (Lipinski definition) is 10. The van der Waals surface area contributed by atoms with Gasteiger partial charge in [-0.1, -0.05) is 6.92 Å². The fraction of sp³-hybridized carbons (Fsp3) is 0.833. The monoisotopic (exact) mass is 408 g/mol. The van der Waals surface area contributed by atoms with E-state index in [0.29, 0.717) is 6.42 Å². The van der Waals surface area contributed by atoms with Crippen molar-refractivity contribution in [3.8, 4) is 0 Å². The molecule has 0 radical (unpaired) electrons. The molecule has 10 nitrogen and oxygen atoms in total. The second-order valence-corrected chi connectivity index (χ2v) is 5.88. The van der Waals surface area contributed by atoms with Crippen molar-refractivity contribution in [1.29, 1.82) is 0 Å². The molecule has 0 N–H and O–H groups in total. The highest BCUT2D eigenvalue weighted by Crippen LogP contribution is 2.08. The van der Waals surface area contributed by atoms with Crippen molar-refractivity contribution in [2.45, 2.75) is 45.2 Å². The van der Waals surface area contributed by atoms with Gasteiger partial charge in [0.25, 0.3) is 0 Å². The van der Waals surface area contributed by atoms with Crippen molar-refractivity contribution in [2.24, 2.45) is 5.92 Å². The Morgan fingerprint density at radius 2 is 1.00 bits per heavy atom. The molecule has 0 bridgehead atoms. The topological polar surface area (TPSA) is 116 Å². The maximum atomic E-state index is 11.8. The molecule has 0 heterocycles. The van der Waals surface area contributed by atoms with Crippen LogP contribution in [0.3, 0.4) is 0 Å². The van der Waals surface area contributed by atoms with E-state index >= 15 is 0 Å². The molecule has 0 aromatic carbocycles. The maximum Gasteiger partial charge on any atom is 0.310 e. The lowest BCUT2D eigenvalue weighted by molar-refractivity contribution is -0.165. The highest BCUT2D eigenvalue weighted by atomic mass is 16.7. The van der Waals surface area contributed by atoms with E-state index in [1.807, 2.05) is 6.92 Å². The third-order valence-electron chi connectivity index (χ3n) is 3.61. The molecular formula is C18H32O10. The van der Waals surface area contributed by atoms with Crippen LogP contribution >= 0.6 is 0 Å². The molecule has 0 aromatic heterocycles. The number of carbonyl (C=O) groups excluding carboxylic acids is 3. The van der Waals surface area contributed by atoms with E-state index in [0.717, 1.165) is 0 Å². The molecule has 0 saturated heterocycles. The van der Waals surface area contributed by atoms with Gasteiger partial charge in [-0.2, -0.15) is 0 Å². The van der Waals surface area contributed by atoms with Crippen LogP contribution in [0, 0.1) is 5.92 Å². The van der Waals surface area contributed by atoms with Crippen LogP contribution < -0.4 is 0 Å². The third-order valence-corrected chi connectivity index (χ3v) is 3.61. The van der Waals surface area contributed by atoms with Gasteiger partial charge in [0.05, 0.1) is 18.8 Å². The highest BCUT2D eigenvalue weighted by Gasteiger charge is 2.20. The summed E-state index contributed by atoms with van der Waals surface area (Å²) >= 11 is 0. The van der Waals surface area contributed by atoms with Crippen molar-refractivity contribution in [3.63, 3.8) is 0 Å². The minimum Gasteiger partial charge on any atom is -0.465 e. The van der Waals surface area contributed by atoms with E-state index in [1.54, 1.807) is 0 Å². The smallest absolute Gasteiger partial charge is 0.310 e. The van der Waals surface area contributed by atoms with Crippen LogP contribution in [-0.2, 0) is 47.5 Å². The summed E-state index contributed by atoms with van der Waals surface area (Å²) in [5.74, 6) is -1.99. The predicted octanol–water partition coefficient (Wildman–Crippen LogP) is 1.05. The van der Waals surface area contributed by atoms with Crippen molar-refractivity contribution < 1.29 is 47.5 Å². The summed E-state index contributed by atoms with van der Waals surface area (Å²) in [5.41, 5.74) is 0. The lowest BCUT2D eigenvalue weighted by Crippen LogP contribution is -2.28. The quantitative estimate of drug-likeness (QED) is 0.208. The average molecular weight is 408 g/mol. The van der Waals surface area contributed by atoms with Crippen molar-refractivity contribution in [2.75, 3.05) is 48.3 Å². The lowest BCUT2D eigenvalue weighted by atomic mass is 10.2. The van der Waals surface area contributed by atoms with Gasteiger partial charge in [-0.25, -0.2) is 0 Å². The largest absolute Gasteiger partial charge is 0.465 e. The Labute approximate surface area is 165 Å². The van der Waals surface area contributed by atoms with Crippen molar-refractivity contribution in [3.05, 3.63) is 0 Å². The summed E-state index contributed by atoms with van der Waals surface area (Å²) in [7, 11) is 5.63. The zero-order chi connectivity index (χ0) is 21.4. The van der Waals surface area contributed by atoms with Crippen molar-refractivity contribution in [1.82, 2.24) is 0 Å². The fourth-order valence-corrected chi connectivity index (χ4v) is 1.97. The van der Waals surface area contributed by atoms with Gasteiger partial charge in [-0.05, 0) is 6.42 Å². The first-order valence-electron chi connectivity index (χ1n) is 8.98. The van der Waals surface area contributed by atoms with E-state index in [1.165, 1.54) is 28.4 Å². The number of methoxy groups -OCH3 is 4. The van der Waals surface area contributed by atoms with Gasteiger partial charge in [0.15, 0.2) is 12.6 Å². The molecule has 0 rings (SSSR count). The van der Waals surface area contributed by atoms with Crippen LogP contribution in [-0.4, -0.2) is 78.7 Å². The predicted molar refractivity (Wildman–Crippen MR) is 96.1 cm³/mol. The number of esters is 3. The zero-order valence-corrected chi connectivity index (χ0v) is 17.3. The van der Waals surface area contributed by atoms with Crippen LogP contribution in [0.15, 0.2) is 0 Å². The van der Waals surface area contributed by atoms with E-state index in [9.17, 15) is 14.4 Å². The molecule has 10 heteroatoms. The summed E-state index contributed by atoms with van der Waals surface area (Å²) in [6.45, 7) is 1.62. The van der Waals surface area contributed by atoms with Crippen LogP contribution in [0.1, 0.15) is 32.6 Å². The number of rotatable bonds is 16. The molecule has 0 aliphatic rings. The SMILES string of the molecule is CCCC(=O)OCC(COC(=O)CC(OC)OC)COC(=O)CC(OC)OC. The van der Waals surface area contributed by atoms with E-state index < -0.39 is 30.4 Å². The first-order chi connectivity index (χ1) is 13.4. The van der Waals surface area contributed by atoms with Crippen LogP contribution in [0.2, 0.25) is 0 Å². The molecule has 0 aliphatic carbocycles. The fourth-order valence-electron chi connectivity index (χ4n) is 1.97. The minimum absolute atomic E-state index is 0.0463. The van der Waals surface area contributed by atoms with Gasteiger partial charge in [0.2, 0.25) is 0 Å². The Kier molecular flexibility index (Phi) is 15.2. The first kappa shape index (κ1) is 26.2. The van der Waals surface area contributed by atoms with Gasteiger partial charge in [0, 0.05) is 34.9 Å². The molecule has 0 spiro atoms. The first-order valence-corrected chi connectivity index (χ1v) is 8.98. The van der Waals surface area contributed by atoms with Crippen LogP contribution in [0.4, 0.5) is 0 Å². The second kappa shape index (κ2) is 16.2. The van der Waals surface area contributed by atoms with Gasteiger partial charge in [-0.3, -0.25) is 14.4 Å². The molecule has 0 saturated carbocycles. The number of carbonyl (C=O) groups is 3. The molecule has 0 fully saturated rings. The maximum absolute atomic E-state index is 11.8. The third kappa shape index (κ3) is 12.6. The van der Waals surface area contributed by atoms with Gasteiger partial charge < -0.3 is 33.2 Å². The van der Waals surface area contributed by atoms with Crippen molar-refractivity contribution >= 4 is 17.9 Å². The van der Waals surface area contributed by atoms with Gasteiger partial charge in [0.1, 0.15) is 19.8 Å². The highest BCUT2D eigenvalue weighted by molar-refractivity contribution is 5.70. The van der Waals surface area contributed by atoms with E-state index in [2.05, 4.69) is 0 Å². The molecule has 0 amide bonds. The van der Waals surface area contributed by atoms with Crippen LogP contribution in [0.25, 0.3) is 0 Å². The Bertz CT molecular complexity index is 416. The summed E-state index contributed by atoms with van der Waals surface area (Å²) < 4.78 is 35.2. The second-order valence-electron chi connectivity index (χ2n) is 5.88. The number of hydrogen-bond donors (Lipinski definition) is 0. The standard InChI is InChI=1S/C18H32O10/c1-6-7-14(19)26-10-13(11-27-15(20)8-17(22-2)23-3)12-28-16(21)9-18(24-4)25-5/h13,17-18H,6-12H2,1-5H3. The average Bonchev–Trinajstić information content (AvgIpc) is 2.69. The summed E-state index contributed by atoms with van der Waals surface area (Å²) in [4.78, 5) is 35.3. The van der Waals surface area contributed by atoms with E-state index in [4.69, 9.17) is 33.2 Å². The van der Waals surface area contributed by atoms with Crippen LogP contribution in [0.5, 0.6) is 0 Å². The molecule has 0 atom stereocenters. The molecule has 164 valence electrons. The molecule has 0 aromatic rings. The zero-order valence-electron chi connectivity index (χ0n) is 17.3. The minimum atomic E-state index is -0.716. The van der Waals surface area contributed by atoms with E-state index in [-0.39, 0.29) is 45.1 Å².